The molecule has 1 heterocycles. The van der Waals surface area contributed by atoms with Gasteiger partial charge in [-0.2, -0.15) is 0 Å². The monoisotopic (exact) mass is 245 g/mol. The van der Waals surface area contributed by atoms with Gasteiger partial charge in [-0.05, 0) is 42.5 Å². The Balaban J connectivity index is 2.19. The topological polar surface area (TPSA) is 4.93 Å². The molecule has 0 amide bonds. The molecule has 1 aliphatic carbocycles. The van der Waals surface area contributed by atoms with Gasteiger partial charge in [-0.15, -0.1) is 0 Å². The Hall–Kier alpha value is -1.31. The standard InChI is InChI=1S/C16H20FN/c1-11(2)15-10-18(13-5-3-4-6-13)16-8-7-12(17)9-14(15)16/h7-11,13H,3-6H2,1-2H3. The average molecular weight is 245 g/mol. The number of aromatic nitrogens is 1. The number of benzene rings is 1. The highest BCUT2D eigenvalue weighted by Gasteiger charge is 2.21. The van der Waals surface area contributed by atoms with Crippen molar-refractivity contribution in [2.45, 2.75) is 51.5 Å². The summed E-state index contributed by atoms with van der Waals surface area (Å²) in [4.78, 5) is 0. The summed E-state index contributed by atoms with van der Waals surface area (Å²) in [5.74, 6) is 0.311. The molecule has 1 aliphatic rings. The third-order valence-corrected chi connectivity index (χ3v) is 4.17. The Morgan fingerprint density at radius 3 is 2.61 bits per heavy atom. The van der Waals surface area contributed by atoms with Crippen molar-refractivity contribution in [3.05, 3.63) is 35.8 Å². The second-order valence-electron chi connectivity index (χ2n) is 5.75. The van der Waals surface area contributed by atoms with Crippen LogP contribution in [0.15, 0.2) is 24.4 Å². The highest BCUT2D eigenvalue weighted by molar-refractivity contribution is 5.84. The van der Waals surface area contributed by atoms with Crippen LogP contribution in [0.25, 0.3) is 10.9 Å². The summed E-state index contributed by atoms with van der Waals surface area (Å²) in [6.45, 7) is 4.36. The van der Waals surface area contributed by atoms with E-state index in [0.717, 1.165) is 5.39 Å². The smallest absolute Gasteiger partial charge is 0.123 e. The van der Waals surface area contributed by atoms with Crippen LogP contribution in [0.1, 0.15) is 57.1 Å². The molecule has 0 aliphatic heterocycles. The zero-order valence-electron chi connectivity index (χ0n) is 11.1. The van der Waals surface area contributed by atoms with E-state index in [1.54, 1.807) is 12.1 Å². The maximum atomic E-state index is 13.5. The molecule has 0 unspecified atom stereocenters. The van der Waals surface area contributed by atoms with Crippen LogP contribution in [0.3, 0.4) is 0 Å². The van der Waals surface area contributed by atoms with Crippen LogP contribution in [-0.4, -0.2) is 4.57 Å². The van der Waals surface area contributed by atoms with E-state index >= 15 is 0 Å². The van der Waals surface area contributed by atoms with Crippen molar-refractivity contribution < 1.29 is 4.39 Å². The molecular weight excluding hydrogens is 225 g/mol. The second kappa shape index (κ2) is 4.42. The summed E-state index contributed by atoms with van der Waals surface area (Å²) >= 11 is 0. The van der Waals surface area contributed by atoms with Gasteiger partial charge in [0.25, 0.3) is 0 Å². The molecule has 0 saturated heterocycles. The lowest BCUT2D eigenvalue weighted by molar-refractivity contribution is 0.533. The fraction of sp³-hybridized carbons (Fsp3) is 0.500. The van der Waals surface area contributed by atoms with Gasteiger partial charge in [-0.3, -0.25) is 0 Å². The van der Waals surface area contributed by atoms with Gasteiger partial charge in [0, 0.05) is 23.1 Å². The summed E-state index contributed by atoms with van der Waals surface area (Å²) in [7, 11) is 0. The molecule has 1 nitrogen and oxygen atoms in total. The zero-order chi connectivity index (χ0) is 12.7. The van der Waals surface area contributed by atoms with Gasteiger partial charge in [0.05, 0.1) is 0 Å². The number of nitrogens with zero attached hydrogens (tertiary/aromatic N) is 1. The number of halogens is 1. The van der Waals surface area contributed by atoms with Gasteiger partial charge in [-0.1, -0.05) is 26.7 Å². The van der Waals surface area contributed by atoms with Crippen molar-refractivity contribution in [3.63, 3.8) is 0 Å². The van der Waals surface area contributed by atoms with Crippen molar-refractivity contribution in [1.29, 1.82) is 0 Å². The van der Waals surface area contributed by atoms with Crippen LogP contribution in [-0.2, 0) is 0 Å². The summed E-state index contributed by atoms with van der Waals surface area (Å²) in [5, 5.41) is 1.09. The fourth-order valence-corrected chi connectivity index (χ4v) is 3.20. The zero-order valence-corrected chi connectivity index (χ0v) is 11.1. The molecule has 0 radical (unpaired) electrons. The van der Waals surface area contributed by atoms with Crippen LogP contribution in [0, 0.1) is 5.82 Å². The normalized spacial score (nSPS) is 17.1. The number of hydrogen-bond donors (Lipinski definition) is 0. The lowest BCUT2D eigenvalue weighted by Crippen LogP contribution is -2.02. The summed E-state index contributed by atoms with van der Waals surface area (Å²) in [5.41, 5.74) is 2.48. The molecule has 96 valence electrons. The van der Waals surface area contributed by atoms with E-state index in [1.165, 1.54) is 36.8 Å². The Labute approximate surface area is 108 Å². The van der Waals surface area contributed by atoms with Gasteiger partial charge in [0.15, 0.2) is 0 Å². The fourth-order valence-electron chi connectivity index (χ4n) is 3.20. The molecule has 1 fully saturated rings. The van der Waals surface area contributed by atoms with E-state index in [-0.39, 0.29) is 5.82 Å². The summed E-state index contributed by atoms with van der Waals surface area (Å²) in [6, 6.07) is 5.83. The molecule has 0 bridgehead atoms. The Kier molecular flexibility index (Phi) is 2.89. The highest BCUT2D eigenvalue weighted by Crippen LogP contribution is 2.36. The molecular formula is C16H20FN. The minimum Gasteiger partial charge on any atom is -0.344 e. The van der Waals surface area contributed by atoms with Crippen molar-refractivity contribution in [3.8, 4) is 0 Å². The SMILES string of the molecule is CC(C)c1cn(C2CCCC2)c2ccc(F)cc12. The molecule has 18 heavy (non-hydrogen) atoms. The average Bonchev–Trinajstić information content (AvgIpc) is 2.93. The van der Waals surface area contributed by atoms with E-state index < -0.39 is 0 Å². The largest absolute Gasteiger partial charge is 0.344 e. The number of hydrogen-bond acceptors (Lipinski definition) is 0. The van der Waals surface area contributed by atoms with Crippen molar-refractivity contribution in [2.75, 3.05) is 0 Å². The first kappa shape index (κ1) is 11.8. The number of rotatable bonds is 2. The van der Waals surface area contributed by atoms with Gasteiger partial charge < -0.3 is 4.57 Å². The molecule has 0 spiro atoms. The van der Waals surface area contributed by atoms with Gasteiger partial charge in [-0.25, -0.2) is 4.39 Å². The quantitative estimate of drug-likeness (QED) is 0.700. The van der Waals surface area contributed by atoms with Gasteiger partial charge in [0.1, 0.15) is 5.82 Å². The van der Waals surface area contributed by atoms with Crippen LogP contribution in [0.2, 0.25) is 0 Å². The van der Waals surface area contributed by atoms with Crippen molar-refractivity contribution >= 4 is 10.9 Å². The minimum atomic E-state index is -0.131. The number of fused-ring (bicyclic) bond motifs is 1. The van der Waals surface area contributed by atoms with Crippen molar-refractivity contribution in [1.82, 2.24) is 4.57 Å². The molecule has 2 heteroatoms. The first-order valence-electron chi connectivity index (χ1n) is 6.97. The van der Waals surface area contributed by atoms with Crippen LogP contribution >= 0.6 is 0 Å². The third-order valence-electron chi connectivity index (χ3n) is 4.17. The minimum absolute atomic E-state index is 0.131. The lowest BCUT2D eigenvalue weighted by atomic mass is 10.0. The van der Waals surface area contributed by atoms with Crippen LogP contribution in [0.5, 0.6) is 0 Å². The predicted molar refractivity (Wildman–Crippen MR) is 73.5 cm³/mol. The maximum Gasteiger partial charge on any atom is 0.123 e. The molecule has 0 N–H and O–H groups in total. The second-order valence-corrected chi connectivity index (χ2v) is 5.75. The maximum absolute atomic E-state index is 13.5. The molecule has 1 aromatic heterocycles. The van der Waals surface area contributed by atoms with Crippen LogP contribution < -0.4 is 0 Å². The first-order chi connectivity index (χ1) is 8.66. The third kappa shape index (κ3) is 1.84. The van der Waals surface area contributed by atoms with Crippen molar-refractivity contribution in [2.24, 2.45) is 0 Å². The van der Waals surface area contributed by atoms with Gasteiger partial charge in [0.2, 0.25) is 0 Å². The predicted octanol–water partition coefficient (Wildman–Crippen LogP) is 5.02. The molecule has 3 rings (SSSR count). The highest BCUT2D eigenvalue weighted by atomic mass is 19.1. The molecule has 0 atom stereocenters. The van der Waals surface area contributed by atoms with Crippen LogP contribution in [0.4, 0.5) is 4.39 Å². The first-order valence-corrected chi connectivity index (χ1v) is 6.97. The van der Waals surface area contributed by atoms with E-state index in [9.17, 15) is 4.39 Å². The van der Waals surface area contributed by atoms with Gasteiger partial charge >= 0.3 is 0 Å². The van der Waals surface area contributed by atoms with E-state index in [2.05, 4.69) is 24.6 Å². The van der Waals surface area contributed by atoms with E-state index in [1.807, 2.05) is 6.07 Å². The summed E-state index contributed by atoms with van der Waals surface area (Å²) in [6.07, 6.45) is 7.42. The molecule has 1 aromatic carbocycles. The summed E-state index contributed by atoms with van der Waals surface area (Å²) < 4.78 is 15.8. The Morgan fingerprint density at radius 1 is 1.22 bits per heavy atom. The van der Waals surface area contributed by atoms with E-state index in [4.69, 9.17) is 0 Å². The van der Waals surface area contributed by atoms with E-state index in [0.29, 0.717) is 12.0 Å². The Bertz CT molecular complexity index is 562. The molecule has 1 saturated carbocycles. The molecule has 2 aromatic rings. The lowest BCUT2D eigenvalue weighted by Gasteiger charge is -2.13. The Morgan fingerprint density at radius 2 is 1.94 bits per heavy atom.